The zero-order valence-electron chi connectivity index (χ0n) is 15.1. The normalized spacial score (nSPS) is 13.0. The lowest BCUT2D eigenvalue weighted by molar-refractivity contribution is 0.269. The van der Waals surface area contributed by atoms with Gasteiger partial charge in [0.25, 0.3) is 0 Å². The van der Waals surface area contributed by atoms with E-state index >= 15 is 0 Å². The zero-order chi connectivity index (χ0) is 18.0. The third-order valence-electron chi connectivity index (χ3n) is 3.65. The van der Waals surface area contributed by atoms with Crippen molar-refractivity contribution in [3.05, 3.63) is 54.6 Å². The molecule has 1 N–H and O–H groups in total. The molecule has 0 radical (unpaired) electrons. The van der Waals surface area contributed by atoms with Crippen molar-refractivity contribution in [3.63, 3.8) is 0 Å². The molecule has 24 heavy (non-hydrogen) atoms. The fourth-order valence-corrected chi connectivity index (χ4v) is 4.65. The molecule has 0 fully saturated rings. The van der Waals surface area contributed by atoms with Crippen molar-refractivity contribution in [1.82, 2.24) is 4.72 Å². The van der Waals surface area contributed by atoms with Crippen molar-refractivity contribution in [2.45, 2.75) is 51.5 Å². The minimum absolute atomic E-state index is 0.0448. The molecular formula is C20H27NO2S. The molecule has 0 atom stereocenters. The number of nitrogens with one attached hydrogen (secondary N) is 1. The van der Waals surface area contributed by atoms with E-state index in [0.717, 1.165) is 17.5 Å². The van der Waals surface area contributed by atoms with Gasteiger partial charge in [-0.2, -0.15) is 0 Å². The largest absolute Gasteiger partial charge is 0.241 e. The van der Waals surface area contributed by atoms with E-state index in [-0.39, 0.29) is 5.41 Å². The molecule has 0 aliphatic carbocycles. The van der Waals surface area contributed by atoms with Crippen LogP contribution in [-0.4, -0.2) is 14.0 Å². The van der Waals surface area contributed by atoms with Gasteiger partial charge in [0.2, 0.25) is 10.0 Å². The highest BCUT2D eigenvalue weighted by atomic mass is 32.2. The summed E-state index contributed by atoms with van der Waals surface area (Å²) in [6.45, 7) is 10.2. The van der Waals surface area contributed by atoms with Crippen molar-refractivity contribution in [2.75, 3.05) is 0 Å². The average molecular weight is 346 g/mol. The summed E-state index contributed by atoms with van der Waals surface area (Å²) < 4.78 is 28.2. The van der Waals surface area contributed by atoms with E-state index in [0.29, 0.717) is 4.90 Å². The van der Waals surface area contributed by atoms with Gasteiger partial charge in [0, 0.05) is 5.54 Å². The highest BCUT2D eigenvalue weighted by Gasteiger charge is 2.30. The van der Waals surface area contributed by atoms with E-state index < -0.39 is 15.6 Å². The van der Waals surface area contributed by atoms with Crippen LogP contribution in [0.2, 0.25) is 0 Å². The van der Waals surface area contributed by atoms with E-state index in [1.807, 2.05) is 56.3 Å². The van der Waals surface area contributed by atoms with Crippen LogP contribution in [0.4, 0.5) is 0 Å². The molecule has 0 amide bonds. The Morgan fingerprint density at radius 2 is 1.29 bits per heavy atom. The number of hydrogen-bond acceptors (Lipinski definition) is 2. The second-order valence-corrected chi connectivity index (χ2v) is 9.80. The highest BCUT2D eigenvalue weighted by Crippen LogP contribution is 2.28. The first-order chi connectivity index (χ1) is 11.0. The number of hydrogen-bond donors (Lipinski definition) is 1. The topological polar surface area (TPSA) is 46.2 Å². The zero-order valence-corrected chi connectivity index (χ0v) is 15.9. The van der Waals surface area contributed by atoms with Crippen molar-refractivity contribution in [1.29, 1.82) is 0 Å². The first-order valence-electron chi connectivity index (χ1n) is 8.18. The minimum atomic E-state index is -3.54. The molecule has 0 spiro atoms. The van der Waals surface area contributed by atoms with Crippen LogP contribution in [0.1, 0.15) is 41.0 Å². The minimum Gasteiger partial charge on any atom is -0.207 e. The summed E-state index contributed by atoms with van der Waals surface area (Å²) in [5, 5.41) is 0. The van der Waals surface area contributed by atoms with E-state index in [2.05, 4.69) is 25.5 Å². The van der Waals surface area contributed by atoms with E-state index in [9.17, 15) is 8.42 Å². The van der Waals surface area contributed by atoms with Gasteiger partial charge in [0.15, 0.2) is 0 Å². The molecule has 0 aromatic heterocycles. The van der Waals surface area contributed by atoms with Gasteiger partial charge in [-0.15, -0.1) is 0 Å². The number of benzene rings is 2. The second kappa shape index (κ2) is 6.69. The molecular weight excluding hydrogens is 318 g/mol. The van der Waals surface area contributed by atoms with Crippen LogP contribution in [-0.2, 0) is 10.0 Å². The van der Waals surface area contributed by atoms with Crippen LogP contribution in [0.25, 0.3) is 11.1 Å². The Hall–Kier alpha value is -1.65. The molecule has 0 aliphatic rings. The Morgan fingerprint density at radius 3 is 1.79 bits per heavy atom. The molecule has 0 bridgehead atoms. The summed E-state index contributed by atoms with van der Waals surface area (Å²) in [4.78, 5) is 0.296. The van der Waals surface area contributed by atoms with Crippen molar-refractivity contribution in [2.24, 2.45) is 5.41 Å². The second-order valence-electron chi connectivity index (χ2n) is 8.12. The summed E-state index contributed by atoms with van der Waals surface area (Å²) in [5.41, 5.74) is 1.62. The SMILES string of the molecule is CC(C)(C)CC(C)(C)NS(=O)(=O)c1ccc(-c2ccccc2)cc1. The van der Waals surface area contributed by atoms with E-state index in [1.165, 1.54) is 0 Å². The summed E-state index contributed by atoms with van der Waals surface area (Å²) in [6.07, 6.45) is 0.751. The Labute approximate surface area is 146 Å². The van der Waals surface area contributed by atoms with Crippen LogP contribution in [0.3, 0.4) is 0 Å². The van der Waals surface area contributed by atoms with Crippen LogP contribution in [0.15, 0.2) is 59.5 Å². The summed E-state index contributed by atoms with van der Waals surface area (Å²) in [6, 6.07) is 16.9. The monoisotopic (exact) mass is 345 g/mol. The molecule has 0 saturated carbocycles. The smallest absolute Gasteiger partial charge is 0.207 e. The molecule has 4 heteroatoms. The highest BCUT2D eigenvalue weighted by molar-refractivity contribution is 7.89. The van der Waals surface area contributed by atoms with Crippen LogP contribution >= 0.6 is 0 Å². The van der Waals surface area contributed by atoms with Gasteiger partial charge in [0.05, 0.1) is 4.90 Å². The number of sulfonamides is 1. The van der Waals surface area contributed by atoms with Gasteiger partial charge in [-0.1, -0.05) is 63.2 Å². The van der Waals surface area contributed by atoms with Gasteiger partial charge in [-0.05, 0) is 48.9 Å². The van der Waals surface area contributed by atoms with Gasteiger partial charge in [-0.25, -0.2) is 13.1 Å². The molecule has 130 valence electrons. The van der Waals surface area contributed by atoms with Gasteiger partial charge >= 0.3 is 0 Å². The predicted octanol–water partition coefficient (Wildman–Crippen LogP) is 4.85. The molecule has 0 aliphatic heterocycles. The summed E-state index contributed by atoms with van der Waals surface area (Å²) in [5.74, 6) is 0. The maximum atomic E-state index is 12.7. The molecule has 0 unspecified atom stereocenters. The van der Waals surface area contributed by atoms with Crippen molar-refractivity contribution >= 4 is 10.0 Å². The third kappa shape index (κ3) is 5.18. The maximum Gasteiger partial charge on any atom is 0.241 e. The lowest BCUT2D eigenvalue weighted by Crippen LogP contribution is -2.45. The Bertz CT molecular complexity index is 771. The Morgan fingerprint density at radius 1 is 0.792 bits per heavy atom. The van der Waals surface area contributed by atoms with Crippen molar-refractivity contribution < 1.29 is 8.42 Å². The molecule has 2 aromatic rings. The van der Waals surface area contributed by atoms with E-state index in [1.54, 1.807) is 12.1 Å². The predicted molar refractivity (Wildman–Crippen MR) is 100 cm³/mol. The van der Waals surface area contributed by atoms with E-state index in [4.69, 9.17) is 0 Å². The summed E-state index contributed by atoms with van der Waals surface area (Å²) >= 11 is 0. The Kier molecular flexibility index (Phi) is 5.21. The van der Waals surface area contributed by atoms with Gasteiger partial charge in [0.1, 0.15) is 0 Å². The first-order valence-corrected chi connectivity index (χ1v) is 9.66. The van der Waals surface area contributed by atoms with Crippen LogP contribution < -0.4 is 4.72 Å². The van der Waals surface area contributed by atoms with Gasteiger partial charge < -0.3 is 0 Å². The molecule has 2 aromatic carbocycles. The molecule has 3 nitrogen and oxygen atoms in total. The third-order valence-corrected chi connectivity index (χ3v) is 5.37. The molecule has 2 rings (SSSR count). The Balaban J connectivity index is 2.21. The molecule has 0 saturated heterocycles. The fraction of sp³-hybridized carbons (Fsp3) is 0.400. The average Bonchev–Trinajstić information content (AvgIpc) is 2.44. The van der Waals surface area contributed by atoms with Crippen LogP contribution in [0.5, 0.6) is 0 Å². The fourth-order valence-electron chi connectivity index (χ4n) is 3.24. The van der Waals surface area contributed by atoms with Gasteiger partial charge in [-0.3, -0.25) is 0 Å². The number of rotatable bonds is 5. The standard InChI is InChI=1S/C20H27NO2S/c1-19(2,3)15-20(4,5)21-24(22,23)18-13-11-17(12-14-18)16-9-7-6-8-10-16/h6-14,21H,15H2,1-5H3. The maximum absolute atomic E-state index is 12.7. The van der Waals surface area contributed by atoms with Crippen molar-refractivity contribution in [3.8, 4) is 11.1 Å². The lowest BCUT2D eigenvalue weighted by Gasteiger charge is -2.33. The lowest BCUT2D eigenvalue weighted by atomic mass is 9.82. The molecule has 0 heterocycles. The summed E-state index contributed by atoms with van der Waals surface area (Å²) in [7, 11) is -3.54. The quantitative estimate of drug-likeness (QED) is 0.842. The van der Waals surface area contributed by atoms with Crippen LogP contribution in [0, 0.1) is 5.41 Å². The first kappa shape index (κ1) is 18.7.